The second-order valence-electron chi connectivity index (χ2n) is 7.70. The lowest BCUT2D eigenvalue weighted by atomic mass is 9.97. The van der Waals surface area contributed by atoms with Gasteiger partial charge in [-0.3, -0.25) is 0 Å². The Bertz CT molecular complexity index is 691. The number of anilines is 2. The Morgan fingerprint density at radius 2 is 1.12 bits per heavy atom. The summed E-state index contributed by atoms with van der Waals surface area (Å²) < 4.78 is 0. The Hall–Kier alpha value is -1.41. The van der Waals surface area contributed by atoms with Gasteiger partial charge in [0.2, 0.25) is 0 Å². The van der Waals surface area contributed by atoms with E-state index >= 15 is 0 Å². The first-order valence-electron chi connectivity index (χ1n) is 9.59. The molecule has 0 radical (unpaired) electrons. The molecule has 0 spiro atoms. The number of fused-ring (bicyclic) bond motifs is 2. The standard InChI is InChI=1S/C22H25NS/c1-2-6-15(5-1)17-9-11-19-21(13-17)24-22-14-18(10-12-20(22)23-19)16-7-3-4-8-16/h9-16,23H,1-8H2. The van der Waals surface area contributed by atoms with Gasteiger partial charge in [0.25, 0.3) is 0 Å². The zero-order valence-electron chi connectivity index (χ0n) is 14.2. The van der Waals surface area contributed by atoms with Crippen LogP contribution in [0.15, 0.2) is 46.2 Å². The van der Waals surface area contributed by atoms with E-state index in [0.29, 0.717) is 0 Å². The molecule has 0 bridgehead atoms. The van der Waals surface area contributed by atoms with Gasteiger partial charge in [-0.15, -0.1) is 0 Å². The molecule has 5 rings (SSSR count). The highest BCUT2D eigenvalue weighted by molar-refractivity contribution is 7.99. The number of hydrogen-bond donors (Lipinski definition) is 1. The lowest BCUT2D eigenvalue weighted by molar-refractivity contribution is 0.720. The van der Waals surface area contributed by atoms with E-state index in [1.54, 1.807) is 11.1 Å². The normalized spacial score (nSPS) is 20.7. The second-order valence-corrected chi connectivity index (χ2v) is 8.78. The molecule has 2 fully saturated rings. The molecule has 1 heterocycles. The lowest BCUT2D eigenvalue weighted by Crippen LogP contribution is -2.03. The quantitative estimate of drug-likeness (QED) is 0.531. The molecule has 24 heavy (non-hydrogen) atoms. The van der Waals surface area contributed by atoms with Crippen LogP contribution < -0.4 is 5.32 Å². The fraction of sp³-hybridized carbons (Fsp3) is 0.455. The van der Waals surface area contributed by atoms with Crippen molar-refractivity contribution in [3.8, 4) is 0 Å². The van der Waals surface area contributed by atoms with Gasteiger partial charge < -0.3 is 5.32 Å². The number of benzene rings is 2. The van der Waals surface area contributed by atoms with Crippen molar-refractivity contribution in [3.63, 3.8) is 0 Å². The highest BCUT2D eigenvalue weighted by atomic mass is 32.2. The van der Waals surface area contributed by atoms with Gasteiger partial charge in [-0.2, -0.15) is 0 Å². The fourth-order valence-corrected chi connectivity index (χ4v) is 5.83. The summed E-state index contributed by atoms with van der Waals surface area (Å²) in [6.45, 7) is 0. The number of hydrogen-bond acceptors (Lipinski definition) is 2. The minimum Gasteiger partial charge on any atom is -0.354 e. The average molecular weight is 336 g/mol. The molecule has 0 saturated heterocycles. The van der Waals surface area contributed by atoms with E-state index < -0.39 is 0 Å². The van der Waals surface area contributed by atoms with Gasteiger partial charge >= 0.3 is 0 Å². The highest BCUT2D eigenvalue weighted by Gasteiger charge is 2.23. The topological polar surface area (TPSA) is 12.0 Å². The average Bonchev–Trinajstić information content (AvgIpc) is 3.32. The zero-order chi connectivity index (χ0) is 15.9. The van der Waals surface area contributed by atoms with Crippen LogP contribution in [0.4, 0.5) is 11.4 Å². The van der Waals surface area contributed by atoms with E-state index in [2.05, 4.69) is 41.7 Å². The van der Waals surface area contributed by atoms with Crippen LogP contribution in [0.3, 0.4) is 0 Å². The predicted molar refractivity (Wildman–Crippen MR) is 103 cm³/mol. The molecule has 0 aromatic heterocycles. The van der Waals surface area contributed by atoms with Crippen LogP contribution in [0.25, 0.3) is 0 Å². The Balaban J connectivity index is 1.45. The molecule has 2 heteroatoms. The first kappa shape index (κ1) is 14.9. The van der Waals surface area contributed by atoms with Gasteiger partial charge in [-0.05, 0) is 72.9 Å². The Morgan fingerprint density at radius 3 is 1.58 bits per heavy atom. The molecule has 2 aromatic rings. The van der Waals surface area contributed by atoms with Crippen LogP contribution in [-0.4, -0.2) is 0 Å². The van der Waals surface area contributed by atoms with E-state index in [0.717, 1.165) is 11.8 Å². The molecule has 2 aliphatic carbocycles. The van der Waals surface area contributed by atoms with Gasteiger partial charge in [0.15, 0.2) is 0 Å². The molecular formula is C22H25NS. The van der Waals surface area contributed by atoms with E-state index in [4.69, 9.17) is 0 Å². The molecular weight excluding hydrogens is 310 g/mol. The molecule has 2 saturated carbocycles. The number of nitrogens with one attached hydrogen (secondary N) is 1. The third-order valence-electron chi connectivity index (χ3n) is 6.15. The fourth-order valence-electron chi connectivity index (χ4n) is 4.74. The molecule has 2 aromatic carbocycles. The van der Waals surface area contributed by atoms with Crippen molar-refractivity contribution < 1.29 is 0 Å². The third kappa shape index (κ3) is 2.65. The summed E-state index contributed by atoms with van der Waals surface area (Å²) in [5.41, 5.74) is 5.66. The predicted octanol–water partition coefficient (Wildman–Crippen LogP) is 7.21. The summed E-state index contributed by atoms with van der Waals surface area (Å²) in [6.07, 6.45) is 11.1. The first-order valence-corrected chi connectivity index (χ1v) is 10.4. The van der Waals surface area contributed by atoms with E-state index in [-0.39, 0.29) is 0 Å². The van der Waals surface area contributed by atoms with Crippen molar-refractivity contribution in [2.24, 2.45) is 0 Å². The summed E-state index contributed by atoms with van der Waals surface area (Å²) in [7, 11) is 0. The van der Waals surface area contributed by atoms with E-state index in [9.17, 15) is 0 Å². The summed E-state index contributed by atoms with van der Waals surface area (Å²) in [4.78, 5) is 2.82. The van der Waals surface area contributed by atoms with Gasteiger partial charge in [0.05, 0.1) is 11.4 Å². The van der Waals surface area contributed by atoms with Crippen molar-refractivity contribution in [1.82, 2.24) is 0 Å². The van der Waals surface area contributed by atoms with Gasteiger partial charge in [0.1, 0.15) is 0 Å². The molecule has 0 atom stereocenters. The molecule has 3 aliphatic rings. The molecule has 1 aliphatic heterocycles. The lowest BCUT2D eigenvalue weighted by Gasteiger charge is -2.24. The Labute approximate surface area is 149 Å². The van der Waals surface area contributed by atoms with Gasteiger partial charge in [-0.1, -0.05) is 49.6 Å². The summed E-state index contributed by atoms with van der Waals surface area (Å²) in [5, 5.41) is 3.66. The smallest absolute Gasteiger partial charge is 0.0526 e. The van der Waals surface area contributed by atoms with Crippen molar-refractivity contribution in [2.45, 2.75) is 73.0 Å². The molecule has 0 amide bonds. The summed E-state index contributed by atoms with van der Waals surface area (Å²) in [6, 6.07) is 14.2. The largest absolute Gasteiger partial charge is 0.354 e. The third-order valence-corrected chi connectivity index (χ3v) is 7.27. The van der Waals surface area contributed by atoms with Crippen LogP contribution in [0.1, 0.15) is 74.3 Å². The second kappa shape index (κ2) is 6.15. The van der Waals surface area contributed by atoms with E-state index in [1.165, 1.54) is 72.5 Å². The van der Waals surface area contributed by atoms with E-state index in [1.807, 2.05) is 11.8 Å². The van der Waals surface area contributed by atoms with Crippen LogP contribution >= 0.6 is 11.8 Å². The van der Waals surface area contributed by atoms with Crippen LogP contribution in [-0.2, 0) is 0 Å². The van der Waals surface area contributed by atoms with Crippen molar-refractivity contribution in [1.29, 1.82) is 0 Å². The first-order chi connectivity index (χ1) is 11.9. The van der Waals surface area contributed by atoms with Crippen LogP contribution in [0.5, 0.6) is 0 Å². The van der Waals surface area contributed by atoms with Crippen LogP contribution in [0, 0.1) is 0 Å². The maximum atomic E-state index is 3.66. The van der Waals surface area contributed by atoms with Crippen molar-refractivity contribution >= 4 is 23.1 Å². The molecule has 1 nitrogen and oxygen atoms in total. The Morgan fingerprint density at radius 1 is 0.667 bits per heavy atom. The van der Waals surface area contributed by atoms with Crippen LogP contribution in [0.2, 0.25) is 0 Å². The molecule has 0 unspecified atom stereocenters. The summed E-state index contributed by atoms with van der Waals surface area (Å²) in [5.74, 6) is 1.59. The SMILES string of the molecule is c1cc2c(cc1C1CCCC1)Sc1cc(C3CCCC3)ccc1N2. The van der Waals surface area contributed by atoms with Crippen molar-refractivity contribution in [2.75, 3.05) is 5.32 Å². The molecule has 124 valence electrons. The monoisotopic (exact) mass is 335 g/mol. The van der Waals surface area contributed by atoms with Crippen molar-refractivity contribution in [3.05, 3.63) is 47.5 Å². The van der Waals surface area contributed by atoms with Gasteiger partial charge in [0, 0.05) is 9.79 Å². The number of rotatable bonds is 2. The maximum absolute atomic E-state index is 3.66. The Kier molecular flexibility index (Phi) is 3.81. The minimum absolute atomic E-state index is 0.794. The highest BCUT2D eigenvalue weighted by Crippen LogP contribution is 2.47. The maximum Gasteiger partial charge on any atom is 0.0526 e. The zero-order valence-corrected chi connectivity index (χ0v) is 15.0. The van der Waals surface area contributed by atoms with Gasteiger partial charge in [-0.25, -0.2) is 0 Å². The minimum atomic E-state index is 0.794. The summed E-state index contributed by atoms with van der Waals surface area (Å²) >= 11 is 1.97. The molecule has 1 N–H and O–H groups in total.